The van der Waals surface area contributed by atoms with Crippen LogP contribution in [0.4, 0.5) is 0 Å². The first kappa shape index (κ1) is 15.7. The fourth-order valence-corrected chi connectivity index (χ4v) is 2.35. The summed E-state index contributed by atoms with van der Waals surface area (Å²) < 4.78 is 4.63. The van der Waals surface area contributed by atoms with Crippen molar-refractivity contribution in [2.45, 2.75) is 0 Å². The van der Waals surface area contributed by atoms with Gasteiger partial charge in [0.05, 0.1) is 12.7 Å². The van der Waals surface area contributed by atoms with Gasteiger partial charge in [0.1, 0.15) is 5.01 Å². The lowest BCUT2D eigenvalue weighted by atomic mass is 10.1. The number of ether oxygens (including phenoxy) is 1. The molecule has 112 valence electrons. The van der Waals surface area contributed by atoms with Crippen molar-refractivity contribution in [3.05, 3.63) is 57.6 Å². The summed E-state index contributed by atoms with van der Waals surface area (Å²) in [6.07, 6.45) is 7.89. The van der Waals surface area contributed by atoms with Crippen LogP contribution in [0.15, 0.2) is 36.5 Å². The van der Waals surface area contributed by atoms with E-state index in [2.05, 4.69) is 9.72 Å². The number of carboxylic acids is 1. The molecule has 0 aliphatic rings. The number of hydrogen-bond donors (Lipinski definition) is 1. The fourth-order valence-electron chi connectivity index (χ4n) is 1.62. The van der Waals surface area contributed by atoms with Crippen LogP contribution in [0.25, 0.3) is 18.2 Å². The standard InChI is InChI=1S/C16H13NO4S/c1-21-16(20)12-5-2-11(3-6-12)4-8-14-17-10-13(22-14)7-9-15(18)19/h2-10H,1H3,(H,18,19). The lowest BCUT2D eigenvalue weighted by molar-refractivity contribution is -0.131. The molecule has 0 bridgehead atoms. The van der Waals surface area contributed by atoms with Crippen LogP contribution in [0.5, 0.6) is 0 Å². The zero-order valence-electron chi connectivity index (χ0n) is 11.7. The number of rotatable bonds is 5. The Bertz CT molecular complexity index is 729. The molecule has 0 fully saturated rings. The predicted octanol–water partition coefficient (Wildman–Crippen LogP) is 3.20. The van der Waals surface area contributed by atoms with E-state index in [1.807, 2.05) is 24.3 Å². The van der Waals surface area contributed by atoms with E-state index in [-0.39, 0.29) is 5.97 Å². The van der Waals surface area contributed by atoms with E-state index in [9.17, 15) is 9.59 Å². The highest BCUT2D eigenvalue weighted by Gasteiger charge is 2.03. The highest BCUT2D eigenvalue weighted by Crippen LogP contribution is 2.17. The largest absolute Gasteiger partial charge is 0.478 e. The van der Waals surface area contributed by atoms with E-state index >= 15 is 0 Å². The average molecular weight is 315 g/mol. The van der Waals surface area contributed by atoms with Gasteiger partial charge in [-0.05, 0) is 29.8 Å². The summed E-state index contributed by atoms with van der Waals surface area (Å²) in [6.45, 7) is 0. The minimum absolute atomic E-state index is 0.370. The Morgan fingerprint density at radius 3 is 2.55 bits per heavy atom. The van der Waals surface area contributed by atoms with E-state index < -0.39 is 5.97 Å². The van der Waals surface area contributed by atoms with Crippen LogP contribution in [-0.2, 0) is 9.53 Å². The molecule has 0 saturated heterocycles. The smallest absolute Gasteiger partial charge is 0.337 e. The van der Waals surface area contributed by atoms with Crippen molar-refractivity contribution in [1.82, 2.24) is 4.98 Å². The van der Waals surface area contributed by atoms with Crippen molar-refractivity contribution in [3.8, 4) is 0 Å². The molecule has 0 aliphatic heterocycles. The third kappa shape index (κ3) is 4.39. The normalized spacial score (nSPS) is 11.1. The quantitative estimate of drug-likeness (QED) is 0.677. The SMILES string of the molecule is COC(=O)c1ccc(C=Cc2ncc(C=CC(=O)O)s2)cc1. The summed E-state index contributed by atoms with van der Waals surface area (Å²) in [5.74, 6) is -1.36. The lowest BCUT2D eigenvalue weighted by Crippen LogP contribution is -2.00. The van der Waals surface area contributed by atoms with Gasteiger partial charge in [-0.1, -0.05) is 18.2 Å². The first-order chi connectivity index (χ1) is 10.6. The van der Waals surface area contributed by atoms with Crippen molar-refractivity contribution < 1.29 is 19.4 Å². The number of thiazole rings is 1. The Labute approximate surface area is 131 Å². The molecular formula is C16H13NO4S. The van der Waals surface area contributed by atoms with E-state index in [1.165, 1.54) is 24.5 Å². The van der Waals surface area contributed by atoms with Crippen molar-refractivity contribution in [3.63, 3.8) is 0 Å². The van der Waals surface area contributed by atoms with E-state index in [1.54, 1.807) is 18.3 Å². The minimum atomic E-state index is -0.990. The Kier molecular flexibility index (Phi) is 5.21. The number of aliphatic carboxylic acids is 1. The molecule has 1 aromatic carbocycles. The summed E-state index contributed by atoms with van der Waals surface area (Å²) in [6, 6.07) is 6.99. The van der Waals surface area contributed by atoms with Crippen LogP contribution in [0, 0.1) is 0 Å². The Morgan fingerprint density at radius 1 is 1.18 bits per heavy atom. The van der Waals surface area contributed by atoms with Gasteiger partial charge in [0.15, 0.2) is 0 Å². The number of benzene rings is 1. The number of carbonyl (C=O) groups is 2. The molecule has 1 N–H and O–H groups in total. The molecule has 0 saturated carbocycles. The number of carboxylic acid groups (broad SMARTS) is 1. The molecule has 1 heterocycles. The molecule has 1 aromatic heterocycles. The molecule has 0 atom stereocenters. The maximum atomic E-state index is 11.3. The van der Waals surface area contributed by atoms with Gasteiger partial charge < -0.3 is 9.84 Å². The Balaban J connectivity index is 2.05. The second-order valence-electron chi connectivity index (χ2n) is 4.22. The summed E-state index contributed by atoms with van der Waals surface area (Å²) in [4.78, 5) is 26.7. The average Bonchev–Trinajstić information content (AvgIpc) is 2.98. The van der Waals surface area contributed by atoms with E-state index in [4.69, 9.17) is 5.11 Å². The van der Waals surface area contributed by atoms with Crippen LogP contribution in [0.1, 0.15) is 25.8 Å². The molecule has 22 heavy (non-hydrogen) atoms. The van der Waals surface area contributed by atoms with Gasteiger partial charge in [0.2, 0.25) is 0 Å². The molecule has 5 nitrogen and oxygen atoms in total. The minimum Gasteiger partial charge on any atom is -0.478 e. The van der Waals surface area contributed by atoms with Gasteiger partial charge in [-0.3, -0.25) is 0 Å². The van der Waals surface area contributed by atoms with Gasteiger partial charge >= 0.3 is 11.9 Å². The zero-order valence-corrected chi connectivity index (χ0v) is 12.5. The lowest BCUT2D eigenvalue weighted by Gasteiger charge is -1.98. The highest BCUT2D eigenvalue weighted by molar-refractivity contribution is 7.13. The van der Waals surface area contributed by atoms with Gasteiger partial charge in [0, 0.05) is 17.2 Å². The second kappa shape index (κ2) is 7.33. The molecule has 0 unspecified atom stereocenters. The van der Waals surface area contributed by atoms with Gasteiger partial charge in [-0.2, -0.15) is 0 Å². The number of methoxy groups -OCH3 is 1. The molecule has 0 amide bonds. The van der Waals surface area contributed by atoms with Gasteiger partial charge in [-0.25, -0.2) is 14.6 Å². The monoisotopic (exact) mass is 315 g/mol. The Morgan fingerprint density at radius 2 is 1.91 bits per heavy atom. The van der Waals surface area contributed by atoms with Crippen LogP contribution >= 0.6 is 11.3 Å². The van der Waals surface area contributed by atoms with Gasteiger partial charge in [-0.15, -0.1) is 11.3 Å². The maximum absolute atomic E-state index is 11.3. The number of hydrogen-bond acceptors (Lipinski definition) is 5. The first-order valence-corrected chi connectivity index (χ1v) is 7.13. The van der Waals surface area contributed by atoms with Gasteiger partial charge in [0.25, 0.3) is 0 Å². The molecule has 0 radical (unpaired) electrons. The summed E-state index contributed by atoms with van der Waals surface area (Å²) in [7, 11) is 1.34. The van der Waals surface area contributed by atoms with Crippen molar-refractivity contribution in [2.75, 3.05) is 7.11 Å². The Hall–Kier alpha value is -2.73. The predicted molar refractivity (Wildman–Crippen MR) is 85.5 cm³/mol. The van der Waals surface area contributed by atoms with Crippen molar-refractivity contribution >= 4 is 41.5 Å². The molecule has 2 rings (SSSR count). The molecule has 0 spiro atoms. The summed E-state index contributed by atoms with van der Waals surface area (Å²) >= 11 is 1.38. The van der Waals surface area contributed by atoms with Crippen LogP contribution in [0.3, 0.4) is 0 Å². The summed E-state index contributed by atoms with van der Waals surface area (Å²) in [5, 5.41) is 9.33. The maximum Gasteiger partial charge on any atom is 0.337 e. The number of carbonyl (C=O) groups excluding carboxylic acids is 1. The summed E-state index contributed by atoms with van der Waals surface area (Å²) in [5.41, 5.74) is 1.42. The second-order valence-corrected chi connectivity index (χ2v) is 5.31. The van der Waals surface area contributed by atoms with Crippen LogP contribution in [0.2, 0.25) is 0 Å². The fraction of sp³-hybridized carbons (Fsp3) is 0.0625. The third-order valence-corrected chi connectivity index (χ3v) is 3.61. The highest BCUT2D eigenvalue weighted by atomic mass is 32.1. The number of aromatic nitrogens is 1. The van der Waals surface area contributed by atoms with Crippen LogP contribution < -0.4 is 0 Å². The molecular weight excluding hydrogens is 302 g/mol. The number of nitrogens with zero attached hydrogens (tertiary/aromatic N) is 1. The van der Waals surface area contributed by atoms with E-state index in [0.717, 1.165) is 21.5 Å². The zero-order chi connectivity index (χ0) is 15.9. The van der Waals surface area contributed by atoms with Crippen molar-refractivity contribution in [1.29, 1.82) is 0 Å². The van der Waals surface area contributed by atoms with Crippen molar-refractivity contribution in [2.24, 2.45) is 0 Å². The van der Waals surface area contributed by atoms with E-state index in [0.29, 0.717) is 5.56 Å². The topological polar surface area (TPSA) is 76.5 Å². The third-order valence-electron chi connectivity index (χ3n) is 2.68. The van der Waals surface area contributed by atoms with Crippen LogP contribution in [-0.4, -0.2) is 29.1 Å². The number of esters is 1. The first-order valence-electron chi connectivity index (χ1n) is 6.32. The molecule has 2 aromatic rings. The molecule has 6 heteroatoms. The molecule has 0 aliphatic carbocycles.